The average molecular weight is 417 g/mol. The minimum absolute atomic E-state index is 0.304. The fourth-order valence-electron chi connectivity index (χ4n) is 3.19. The molecule has 0 bridgehead atoms. The summed E-state index contributed by atoms with van der Waals surface area (Å²) in [5.41, 5.74) is 3.02. The topological polar surface area (TPSA) is 44.8 Å². The highest BCUT2D eigenvalue weighted by Gasteiger charge is 2.30. The minimum Gasteiger partial charge on any atom is -0.367 e. The molecule has 3 aromatic carbocycles. The summed E-state index contributed by atoms with van der Waals surface area (Å²) in [4.78, 5) is 12.0. The first kappa shape index (κ1) is 22.6. The number of ether oxygens (including phenoxy) is 3. The molecule has 0 aliphatic rings. The van der Waals surface area contributed by atoms with E-state index >= 15 is 0 Å². The molecule has 3 atom stereocenters. The predicted octanol–water partition coefficient (Wildman–Crippen LogP) is 5.13. The smallest absolute Gasteiger partial charge is 0.151 e. The van der Waals surface area contributed by atoms with Crippen LogP contribution in [0.15, 0.2) is 104 Å². The molecule has 0 N–H and O–H groups in total. The van der Waals surface area contributed by atoms with E-state index in [0.29, 0.717) is 19.8 Å². The molecule has 0 radical (unpaired) electrons. The molecule has 0 saturated heterocycles. The zero-order valence-corrected chi connectivity index (χ0v) is 17.5. The normalized spacial score (nSPS) is 13.8. The molecule has 3 aromatic rings. The van der Waals surface area contributed by atoms with Gasteiger partial charge in [0.1, 0.15) is 18.3 Å². The van der Waals surface area contributed by atoms with Crippen LogP contribution in [0.2, 0.25) is 0 Å². The Morgan fingerprint density at radius 3 is 1.39 bits per heavy atom. The maximum Gasteiger partial charge on any atom is 0.151 e. The lowest BCUT2D eigenvalue weighted by atomic mass is 10.1. The Labute approximate surface area is 184 Å². The molecule has 4 nitrogen and oxygen atoms in total. The number of carbonyl (C=O) groups excluding carboxylic acids is 1. The zero-order chi connectivity index (χ0) is 21.7. The second-order valence-corrected chi connectivity index (χ2v) is 7.16. The highest BCUT2D eigenvalue weighted by atomic mass is 16.6. The van der Waals surface area contributed by atoms with E-state index < -0.39 is 18.3 Å². The van der Waals surface area contributed by atoms with Crippen molar-refractivity contribution in [1.29, 1.82) is 0 Å². The maximum absolute atomic E-state index is 12.0. The lowest BCUT2D eigenvalue weighted by Crippen LogP contribution is -2.42. The van der Waals surface area contributed by atoms with Gasteiger partial charge in [0.15, 0.2) is 6.29 Å². The molecule has 0 amide bonds. The first-order valence-electron chi connectivity index (χ1n) is 10.3. The van der Waals surface area contributed by atoms with Crippen LogP contribution < -0.4 is 0 Å². The van der Waals surface area contributed by atoms with E-state index in [1.54, 1.807) is 6.08 Å². The Bertz CT molecular complexity index is 841. The van der Waals surface area contributed by atoms with Gasteiger partial charge in [-0.2, -0.15) is 0 Å². The molecule has 0 aliphatic heterocycles. The largest absolute Gasteiger partial charge is 0.367 e. The van der Waals surface area contributed by atoms with Gasteiger partial charge in [-0.1, -0.05) is 97.1 Å². The molecular weight excluding hydrogens is 388 g/mol. The van der Waals surface area contributed by atoms with Crippen molar-refractivity contribution in [3.05, 3.63) is 120 Å². The lowest BCUT2D eigenvalue weighted by Gasteiger charge is -2.29. The van der Waals surface area contributed by atoms with Gasteiger partial charge in [0.2, 0.25) is 0 Å². The van der Waals surface area contributed by atoms with Crippen LogP contribution in [-0.4, -0.2) is 24.6 Å². The van der Waals surface area contributed by atoms with Crippen LogP contribution in [0.1, 0.15) is 16.7 Å². The van der Waals surface area contributed by atoms with Crippen LogP contribution in [0.4, 0.5) is 0 Å². The number of hydrogen-bond acceptors (Lipinski definition) is 4. The number of carbonyl (C=O) groups is 1. The molecular formula is C27H28O4. The van der Waals surface area contributed by atoms with Gasteiger partial charge in [-0.3, -0.25) is 0 Å². The van der Waals surface area contributed by atoms with Gasteiger partial charge in [-0.25, -0.2) is 0 Å². The summed E-state index contributed by atoms with van der Waals surface area (Å²) >= 11 is 0. The van der Waals surface area contributed by atoms with Crippen molar-refractivity contribution in [2.45, 2.75) is 38.1 Å². The van der Waals surface area contributed by atoms with E-state index in [0.717, 1.165) is 23.0 Å². The first-order chi connectivity index (χ1) is 15.3. The lowest BCUT2D eigenvalue weighted by molar-refractivity contribution is -0.150. The third-order valence-electron chi connectivity index (χ3n) is 4.87. The molecule has 4 heteroatoms. The third kappa shape index (κ3) is 7.30. The fraction of sp³-hybridized carbons (Fsp3) is 0.222. The van der Waals surface area contributed by atoms with Crippen LogP contribution in [0.3, 0.4) is 0 Å². The van der Waals surface area contributed by atoms with E-state index in [2.05, 4.69) is 6.58 Å². The first-order valence-corrected chi connectivity index (χ1v) is 10.3. The molecule has 160 valence electrons. The Balaban J connectivity index is 1.71. The van der Waals surface area contributed by atoms with Crippen LogP contribution >= 0.6 is 0 Å². The van der Waals surface area contributed by atoms with E-state index in [4.69, 9.17) is 14.2 Å². The van der Waals surface area contributed by atoms with Crippen molar-refractivity contribution >= 4 is 6.29 Å². The van der Waals surface area contributed by atoms with Gasteiger partial charge in [0.25, 0.3) is 0 Å². The predicted molar refractivity (Wildman–Crippen MR) is 121 cm³/mol. The quantitative estimate of drug-likeness (QED) is 0.286. The summed E-state index contributed by atoms with van der Waals surface area (Å²) in [6.07, 6.45) is 0.488. The van der Waals surface area contributed by atoms with E-state index in [-0.39, 0.29) is 0 Å². The van der Waals surface area contributed by atoms with Gasteiger partial charge in [0.05, 0.1) is 19.8 Å². The SMILES string of the molecule is C=C[C@@H](OCc1ccccc1)[C@H](OCc1ccccc1)[C@@H](C=O)OCc1ccccc1. The number of hydrogen-bond donors (Lipinski definition) is 0. The van der Waals surface area contributed by atoms with Crippen molar-refractivity contribution in [2.24, 2.45) is 0 Å². The van der Waals surface area contributed by atoms with E-state index in [1.165, 1.54) is 0 Å². The highest BCUT2D eigenvalue weighted by molar-refractivity contribution is 5.57. The van der Waals surface area contributed by atoms with Gasteiger partial charge in [0, 0.05) is 0 Å². The van der Waals surface area contributed by atoms with E-state index in [1.807, 2.05) is 91.0 Å². The molecule has 0 saturated carbocycles. The molecule has 3 rings (SSSR count). The zero-order valence-electron chi connectivity index (χ0n) is 17.5. The summed E-state index contributed by atoms with van der Waals surface area (Å²) in [5, 5.41) is 0. The molecule has 0 aromatic heterocycles. The highest BCUT2D eigenvalue weighted by Crippen LogP contribution is 2.18. The van der Waals surface area contributed by atoms with Gasteiger partial charge < -0.3 is 19.0 Å². The van der Waals surface area contributed by atoms with Gasteiger partial charge in [-0.15, -0.1) is 6.58 Å². The Morgan fingerprint density at radius 2 is 1.00 bits per heavy atom. The fourth-order valence-corrected chi connectivity index (χ4v) is 3.19. The number of aldehydes is 1. The number of benzene rings is 3. The number of rotatable bonds is 13. The van der Waals surface area contributed by atoms with Crippen molar-refractivity contribution in [1.82, 2.24) is 0 Å². The summed E-state index contributed by atoms with van der Waals surface area (Å²) in [7, 11) is 0. The summed E-state index contributed by atoms with van der Waals surface area (Å²) in [5.74, 6) is 0. The van der Waals surface area contributed by atoms with Crippen LogP contribution in [0.5, 0.6) is 0 Å². The molecule has 0 unspecified atom stereocenters. The van der Waals surface area contributed by atoms with Crippen molar-refractivity contribution in [3.63, 3.8) is 0 Å². The van der Waals surface area contributed by atoms with Crippen molar-refractivity contribution < 1.29 is 19.0 Å². The Hall–Kier alpha value is -3.05. The standard InChI is InChI=1S/C27H28O4/c1-2-25(29-19-22-12-6-3-7-13-22)27(31-21-24-16-10-5-11-17-24)26(18-28)30-20-23-14-8-4-9-15-23/h2-18,25-27H,1,19-21H2/t25-,26-,27+/m1/s1. The van der Waals surface area contributed by atoms with Crippen LogP contribution in [-0.2, 0) is 38.8 Å². The van der Waals surface area contributed by atoms with Gasteiger partial charge >= 0.3 is 0 Å². The molecule has 0 aliphatic carbocycles. The maximum atomic E-state index is 12.0. The average Bonchev–Trinajstić information content (AvgIpc) is 2.84. The van der Waals surface area contributed by atoms with E-state index in [9.17, 15) is 4.79 Å². The molecule has 0 spiro atoms. The molecule has 0 fully saturated rings. The van der Waals surface area contributed by atoms with Gasteiger partial charge in [-0.05, 0) is 16.7 Å². The van der Waals surface area contributed by atoms with Crippen LogP contribution in [0.25, 0.3) is 0 Å². The molecule has 31 heavy (non-hydrogen) atoms. The second kappa shape index (κ2) is 12.6. The second-order valence-electron chi connectivity index (χ2n) is 7.16. The summed E-state index contributed by atoms with van der Waals surface area (Å²) in [6.45, 7) is 4.93. The summed E-state index contributed by atoms with van der Waals surface area (Å²) < 4.78 is 18.2. The Morgan fingerprint density at radius 1 is 0.613 bits per heavy atom. The van der Waals surface area contributed by atoms with Crippen molar-refractivity contribution in [2.75, 3.05) is 0 Å². The minimum atomic E-state index is -0.803. The Kier molecular flexibility index (Phi) is 9.20. The van der Waals surface area contributed by atoms with Crippen LogP contribution in [0, 0.1) is 0 Å². The van der Waals surface area contributed by atoms with Crippen molar-refractivity contribution in [3.8, 4) is 0 Å². The summed E-state index contributed by atoms with van der Waals surface area (Å²) in [6, 6.07) is 29.4. The molecule has 0 heterocycles. The third-order valence-corrected chi connectivity index (χ3v) is 4.87. The monoisotopic (exact) mass is 416 g/mol.